The number of hydrogen-bond donors (Lipinski definition) is 1. The van der Waals surface area contributed by atoms with Crippen molar-refractivity contribution in [2.24, 2.45) is 13.0 Å². The van der Waals surface area contributed by atoms with Gasteiger partial charge in [0.15, 0.2) is 0 Å². The van der Waals surface area contributed by atoms with Gasteiger partial charge in [0.05, 0.1) is 11.4 Å². The van der Waals surface area contributed by atoms with Crippen molar-refractivity contribution in [2.75, 3.05) is 18.4 Å². The molecule has 3 aromatic rings. The van der Waals surface area contributed by atoms with Crippen molar-refractivity contribution in [3.05, 3.63) is 82.3 Å². The van der Waals surface area contributed by atoms with E-state index in [1.54, 1.807) is 4.68 Å². The summed E-state index contributed by atoms with van der Waals surface area (Å²) in [5.74, 6) is 0.663. The number of amides is 1. The highest BCUT2D eigenvalue weighted by Crippen LogP contribution is 2.23. The number of nitrogens with zero attached hydrogens (tertiary/aromatic N) is 3. The van der Waals surface area contributed by atoms with Crippen LogP contribution < -0.4 is 10.9 Å². The van der Waals surface area contributed by atoms with Crippen LogP contribution in [-0.4, -0.2) is 39.3 Å². The Labute approximate surface area is 189 Å². The Hall–Kier alpha value is -3.28. The van der Waals surface area contributed by atoms with E-state index in [9.17, 15) is 9.59 Å². The van der Waals surface area contributed by atoms with Crippen LogP contribution in [0, 0.1) is 12.8 Å². The highest BCUT2D eigenvalue weighted by molar-refractivity contribution is 5.84. The molecule has 1 atom stereocenters. The maximum absolute atomic E-state index is 13.1. The van der Waals surface area contributed by atoms with Crippen molar-refractivity contribution in [1.29, 1.82) is 0 Å². The SMILES string of the molecule is Cc1c(NC(C)C(=O)N2CCC(Cc3ccccc3)CC2)c(=O)n(-c2ccccc2)n1C. The standard InChI is InChI=1S/C26H32N4O2/c1-19(25(31)29-16-14-22(15-17-29)18-21-10-6-4-7-11-21)27-24-20(2)28(3)30(26(24)32)23-12-8-5-9-13-23/h4-13,19,22,27H,14-18H2,1-3H3. The van der Waals surface area contributed by atoms with Gasteiger partial charge >= 0.3 is 0 Å². The van der Waals surface area contributed by atoms with Gasteiger partial charge < -0.3 is 10.2 Å². The highest BCUT2D eigenvalue weighted by atomic mass is 16.2. The molecule has 2 heterocycles. The first-order valence-corrected chi connectivity index (χ1v) is 11.4. The minimum Gasteiger partial charge on any atom is -0.368 e. The predicted octanol–water partition coefficient (Wildman–Crippen LogP) is 3.77. The maximum atomic E-state index is 13.1. The normalized spacial score (nSPS) is 15.5. The van der Waals surface area contributed by atoms with Crippen molar-refractivity contribution in [2.45, 2.75) is 39.2 Å². The molecule has 6 nitrogen and oxygen atoms in total. The van der Waals surface area contributed by atoms with Crippen molar-refractivity contribution in [3.8, 4) is 5.69 Å². The molecule has 0 aliphatic carbocycles. The van der Waals surface area contributed by atoms with E-state index in [0.29, 0.717) is 11.6 Å². The molecule has 0 saturated carbocycles. The number of likely N-dealkylation sites (tertiary alicyclic amines) is 1. The molecule has 1 saturated heterocycles. The van der Waals surface area contributed by atoms with Crippen LogP contribution >= 0.6 is 0 Å². The Morgan fingerprint density at radius 1 is 1.03 bits per heavy atom. The van der Waals surface area contributed by atoms with E-state index < -0.39 is 6.04 Å². The Morgan fingerprint density at radius 3 is 2.25 bits per heavy atom. The van der Waals surface area contributed by atoms with Gasteiger partial charge in [0.2, 0.25) is 5.91 Å². The summed E-state index contributed by atoms with van der Waals surface area (Å²) in [6.07, 6.45) is 3.09. The van der Waals surface area contributed by atoms with E-state index in [0.717, 1.165) is 43.7 Å². The molecule has 0 spiro atoms. The van der Waals surface area contributed by atoms with Gasteiger partial charge in [-0.15, -0.1) is 0 Å². The fourth-order valence-corrected chi connectivity index (χ4v) is 4.59. The second-order valence-electron chi connectivity index (χ2n) is 8.76. The molecule has 1 fully saturated rings. The lowest BCUT2D eigenvalue weighted by molar-refractivity contribution is -0.133. The van der Waals surface area contributed by atoms with E-state index >= 15 is 0 Å². The molecule has 1 amide bonds. The van der Waals surface area contributed by atoms with Gasteiger partial charge in [-0.3, -0.25) is 14.3 Å². The van der Waals surface area contributed by atoms with E-state index in [4.69, 9.17) is 0 Å². The van der Waals surface area contributed by atoms with Gasteiger partial charge in [0.25, 0.3) is 5.56 Å². The Kier molecular flexibility index (Phi) is 6.49. The van der Waals surface area contributed by atoms with Gasteiger partial charge in [-0.25, -0.2) is 4.68 Å². The second kappa shape index (κ2) is 9.47. The Morgan fingerprint density at radius 2 is 1.62 bits per heavy atom. The molecule has 6 heteroatoms. The zero-order valence-electron chi connectivity index (χ0n) is 19.1. The molecule has 0 radical (unpaired) electrons. The highest BCUT2D eigenvalue weighted by Gasteiger charge is 2.27. The third kappa shape index (κ3) is 4.49. The van der Waals surface area contributed by atoms with Crippen LogP contribution in [0.25, 0.3) is 5.69 Å². The first kappa shape index (κ1) is 21.9. The van der Waals surface area contributed by atoms with Gasteiger partial charge in [-0.2, -0.15) is 0 Å². The summed E-state index contributed by atoms with van der Waals surface area (Å²) in [7, 11) is 1.86. The summed E-state index contributed by atoms with van der Waals surface area (Å²) < 4.78 is 3.45. The molecule has 1 aliphatic rings. The molecular formula is C26H32N4O2. The maximum Gasteiger partial charge on any atom is 0.295 e. The molecule has 1 N–H and O–H groups in total. The van der Waals surface area contributed by atoms with E-state index in [1.807, 2.05) is 66.9 Å². The molecule has 1 aliphatic heterocycles. The number of piperidine rings is 1. The number of carbonyl (C=O) groups is 1. The van der Waals surface area contributed by atoms with Gasteiger partial charge in [0.1, 0.15) is 11.7 Å². The summed E-state index contributed by atoms with van der Waals surface area (Å²) in [4.78, 5) is 28.2. The van der Waals surface area contributed by atoms with Gasteiger partial charge in [-0.05, 0) is 56.7 Å². The molecule has 2 aromatic carbocycles. The second-order valence-corrected chi connectivity index (χ2v) is 8.76. The third-order valence-electron chi connectivity index (χ3n) is 6.58. The average molecular weight is 433 g/mol. The zero-order valence-corrected chi connectivity index (χ0v) is 19.1. The van der Waals surface area contributed by atoms with Gasteiger partial charge in [0, 0.05) is 20.1 Å². The zero-order chi connectivity index (χ0) is 22.7. The van der Waals surface area contributed by atoms with Crippen LogP contribution in [0.5, 0.6) is 0 Å². The lowest BCUT2D eigenvalue weighted by Gasteiger charge is -2.34. The average Bonchev–Trinajstić information content (AvgIpc) is 3.03. The molecule has 168 valence electrons. The molecule has 32 heavy (non-hydrogen) atoms. The van der Waals surface area contributed by atoms with Crippen molar-refractivity contribution >= 4 is 11.6 Å². The van der Waals surface area contributed by atoms with Crippen LogP contribution in [0.1, 0.15) is 31.0 Å². The summed E-state index contributed by atoms with van der Waals surface area (Å²) in [5, 5.41) is 3.21. The number of carbonyl (C=O) groups excluding carboxylic acids is 1. The molecule has 1 aromatic heterocycles. The summed E-state index contributed by atoms with van der Waals surface area (Å²) >= 11 is 0. The van der Waals surface area contributed by atoms with Crippen molar-refractivity contribution < 1.29 is 4.79 Å². The molecular weight excluding hydrogens is 400 g/mol. The van der Waals surface area contributed by atoms with Crippen LogP contribution in [0.3, 0.4) is 0 Å². The first-order chi connectivity index (χ1) is 15.5. The number of aromatic nitrogens is 2. The van der Waals surface area contributed by atoms with Gasteiger partial charge in [-0.1, -0.05) is 48.5 Å². The van der Waals surface area contributed by atoms with Crippen LogP contribution in [0.2, 0.25) is 0 Å². The fraction of sp³-hybridized carbons (Fsp3) is 0.385. The van der Waals surface area contributed by atoms with E-state index in [-0.39, 0.29) is 11.5 Å². The number of para-hydroxylation sites is 1. The van der Waals surface area contributed by atoms with Crippen LogP contribution in [0.4, 0.5) is 5.69 Å². The third-order valence-corrected chi connectivity index (χ3v) is 6.58. The minimum absolute atomic E-state index is 0.0528. The predicted molar refractivity (Wildman–Crippen MR) is 128 cm³/mol. The number of anilines is 1. The Bertz CT molecular complexity index is 1110. The lowest BCUT2D eigenvalue weighted by Crippen LogP contribution is -2.46. The topological polar surface area (TPSA) is 59.3 Å². The van der Waals surface area contributed by atoms with Crippen LogP contribution in [0.15, 0.2) is 65.5 Å². The monoisotopic (exact) mass is 432 g/mol. The largest absolute Gasteiger partial charge is 0.368 e. The van der Waals surface area contributed by atoms with E-state index in [2.05, 4.69) is 29.6 Å². The summed E-state index contributed by atoms with van der Waals surface area (Å²) in [6.45, 7) is 5.28. The van der Waals surface area contributed by atoms with Crippen molar-refractivity contribution in [3.63, 3.8) is 0 Å². The number of rotatable bonds is 6. The molecule has 4 rings (SSSR count). The van der Waals surface area contributed by atoms with Crippen molar-refractivity contribution in [1.82, 2.24) is 14.3 Å². The van der Waals surface area contributed by atoms with E-state index in [1.165, 1.54) is 5.56 Å². The smallest absolute Gasteiger partial charge is 0.295 e. The summed E-state index contributed by atoms with van der Waals surface area (Å²) in [5.41, 5.74) is 3.31. The first-order valence-electron chi connectivity index (χ1n) is 11.4. The fourth-order valence-electron chi connectivity index (χ4n) is 4.59. The van der Waals surface area contributed by atoms with Crippen LogP contribution in [-0.2, 0) is 18.3 Å². The molecule has 1 unspecified atom stereocenters. The number of nitrogens with one attached hydrogen (secondary N) is 1. The number of benzene rings is 2. The minimum atomic E-state index is -0.460. The summed E-state index contributed by atoms with van der Waals surface area (Å²) in [6, 6.07) is 19.6. The Balaban J connectivity index is 1.40. The molecule has 0 bridgehead atoms. The number of hydrogen-bond acceptors (Lipinski definition) is 3. The lowest BCUT2D eigenvalue weighted by atomic mass is 9.90. The quantitative estimate of drug-likeness (QED) is 0.645.